The smallest absolute Gasteiger partial charge is 0.332 e. The van der Waals surface area contributed by atoms with Gasteiger partial charge in [0, 0.05) is 25.5 Å². The molecule has 36 heavy (non-hydrogen) atoms. The Hall–Kier alpha value is -4.34. The molecule has 0 radical (unpaired) electrons. The number of fused-ring (bicyclic) bond motifs is 3. The predicted octanol–water partition coefficient (Wildman–Crippen LogP) is 2.91. The lowest BCUT2D eigenvalue weighted by atomic mass is 10.1. The summed E-state index contributed by atoms with van der Waals surface area (Å²) in [4.78, 5) is 31.2. The molecule has 5 rings (SSSR count). The van der Waals surface area contributed by atoms with Crippen molar-refractivity contribution < 1.29 is 13.9 Å². The first-order valence-corrected chi connectivity index (χ1v) is 11.5. The summed E-state index contributed by atoms with van der Waals surface area (Å²) in [7, 11) is 4.80. The summed E-state index contributed by atoms with van der Waals surface area (Å²) in [5.74, 6) is 1.53. The Kier molecular flexibility index (Phi) is 5.87. The average molecular weight is 492 g/mol. The van der Waals surface area contributed by atoms with Crippen LogP contribution >= 0.6 is 0 Å². The van der Waals surface area contributed by atoms with Crippen molar-refractivity contribution in [2.24, 2.45) is 7.05 Å². The summed E-state index contributed by atoms with van der Waals surface area (Å²) in [6, 6.07) is 11.5. The SMILES string of the molecule is COc1ccc(CCn2c(C)cn3c4c(=O)n(Cc5ccc(F)cc5)c(=O)n(C)c4nc23)cc1OC. The van der Waals surface area contributed by atoms with E-state index in [0.717, 1.165) is 15.8 Å². The van der Waals surface area contributed by atoms with Crippen LogP contribution in [0.25, 0.3) is 16.9 Å². The van der Waals surface area contributed by atoms with Gasteiger partial charge in [0.1, 0.15) is 5.82 Å². The zero-order valence-electron chi connectivity index (χ0n) is 20.5. The second kappa shape index (κ2) is 9.03. The first-order chi connectivity index (χ1) is 17.3. The van der Waals surface area contributed by atoms with Crippen LogP contribution in [-0.4, -0.2) is 37.3 Å². The van der Waals surface area contributed by atoms with Gasteiger partial charge >= 0.3 is 5.69 Å². The fourth-order valence-corrected chi connectivity index (χ4v) is 4.52. The molecule has 5 aromatic rings. The maximum atomic E-state index is 13.5. The number of halogens is 1. The third kappa shape index (κ3) is 3.84. The molecule has 0 atom stereocenters. The van der Waals surface area contributed by atoms with Gasteiger partial charge in [-0.3, -0.25) is 18.3 Å². The van der Waals surface area contributed by atoms with Crippen molar-refractivity contribution in [3.63, 3.8) is 0 Å². The number of hydrogen-bond acceptors (Lipinski definition) is 5. The van der Waals surface area contributed by atoms with Gasteiger partial charge in [-0.25, -0.2) is 9.18 Å². The molecule has 0 spiro atoms. The van der Waals surface area contributed by atoms with E-state index in [-0.39, 0.29) is 12.4 Å². The zero-order chi connectivity index (χ0) is 25.6. The number of benzene rings is 2. The molecule has 0 saturated carbocycles. The number of aryl methyl sites for hydroxylation is 4. The van der Waals surface area contributed by atoms with Gasteiger partial charge in [-0.1, -0.05) is 18.2 Å². The van der Waals surface area contributed by atoms with Crippen molar-refractivity contribution in [2.75, 3.05) is 14.2 Å². The molecule has 0 unspecified atom stereocenters. The van der Waals surface area contributed by atoms with E-state index in [9.17, 15) is 14.0 Å². The van der Waals surface area contributed by atoms with Crippen molar-refractivity contribution in [3.8, 4) is 11.5 Å². The van der Waals surface area contributed by atoms with Crippen LogP contribution in [0.5, 0.6) is 11.5 Å². The number of rotatable bonds is 7. The lowest BCUT2D eigenvalue weighted by Crippen LogP contribution is -2.39. The number of hydrogen-bond donors (Lipinski definition) is 0. The highest BCUT2D eigenvalue weighted by Gasteiger charge is 2.20. The quantitative estimate of drug-likeness (QED) is 0.350. The lowest BCUT2D eigenvalue weighted by Gasteiger charge is -2.10. The van der Waals surface area contributed by atoms with E-state index in [2.05, 4.69) is 4.98 Å². The Morgan fingerprint density at radius 2 is 1.64 bits per heavy atom. The molecule has 0 fully saturated rings. The molecule has 10 heteroatoms. The Bertz CT molecular complexity index is 1710. The van der Waals surface area contributed by atoms with Crippen LogP contribution in [0.3, 0.4) is 0 Å². The van der Waals surface area contributed by atoms with Gasteiger partial charge in [0.2, 0.25) is 5.78 Å². The maximum absolute atomic E-state index is 13.5. The number of methoxy groups -OCH3 is 2. The zero-order valence-corrected chi connectivity index (χ0v) is 20.5. The van der Waals surface area contributed by atoms with Gasteiger partial charge in [-0.2, -0.15) is 4.98 Å². The topological polar surface area (TPSA) is 84.7 Å². The lowest BCUT2D eigenvalue weighted by molar-refractivity contribution is 0.354. The second-order valence-electron chi connectivity index (χ2n) is 8.67. The van der Waals surface area contributed by atoms with Gasteiger partial charge in [0.05, 0.1) is 20.8 Å². The molecule has 0 aliphatic heterocycles. The standard InChI is InChI=1S/C26H26FN5O4/c1-16-14-31-22-23(29(2)26(34)32(24(22)33)15-18-5-8-19(27)9-6-18)28-25(31)30(16)12-11-17-7-10-20(35-3)21(13-17)36-4/h5-10,13-14H,11-12,15H2,1-4H3. The molecule has 0 aliphatic carbocycles. The first-order valence-electron chi connectivity index (χ1n) is 11.5. The van der Waals surface area contributed by atoms with E-state index in [1.165, 1.54) is 16.7 Å². The molecule has 0 N–H and O–H groups in total. The van der Waals surface area contributed by atoms with Gasteiger partial charge < -0.3 is 14.0 Å². The predicted molar refractivity (Wildman–Crippen MR) is 134 cm³/mol. The van der Waals surface area contributed by atoms with E-state index in [1.54, 1.807) is 37.8 Å². The molecule has 3 aromatic heterocycles. The first kappa shape index (κ1) is 23.4. The Morgan fingerprint density at radius 1 is 0.944 bits per heavy atom. The number of aromatic nitrogens is 5. The Labute approximate surface area is 205 Å². The minimum absolute atomic E-state index is 0.0357. The minimum Gasteiger partial charge on any atom is -0.493 e. The molecule has 0 aliphatic rings. The molecule has 0 bridgehead atoms. The third-order valence-corrected chi connectivity index (χ3v) is 6.47. The third-order valence-electron chi connectivity index (χ3n) is 6.47. The van der Waals surface area contributed by atoms with E-state index >= 15 is 0 Å². The molecule has 0 saturated heterocycles. The minimum atomic E-state index is -0.480. The Balaban J connectivity index is 1.56. The van der Waals surface area contributed by atoms with Crippen molar-refractivity contribution in [3.05, 3.63) is 92.1 Å². The number of imidazole rings is 2. The normalized spacial score (nSPS) is 11.5. The van der Waals surface area contributed by atoms with Crippen molar-refractivity contribution in [1.29, 1.82) is 0 Å². The fourth-order valence-electron chi connectivity index (χ4n) is 4.52. The summed E-state index contributed by atoms with van der Waals surface area (Å²) in [6.07, 6.45) is 2.55. The fraction of sp³-hybridized carbons (Fsp3) is 0.269. The van der Waals surface area contributed by atoms with E-state index < -0.39 is 11.2 Å². The van der Waals surface area contributed by atoms with Crippen LogP contribution in [0, 0.1) is 12.7 Å². The molecule has 186 valence electrons. The van der Waals surface area contributed by atoms with Crippen LogP contribution in [0.4, 0.5) is 4.39 Å². The molecule has 0 amide bonds. The van der Waals surface area contributed by atoms with Crippen molar-refractivity contribution >= 4 is 16.9 Å². The highest BCUT2D eigenvalue weighted by atomic mass is 19.1. The average Bonchev–Trinajstić information content (AvgIpc) is 3.39. The summed E-state index contributed by atoms with van der Waals surface area (Å²) in [6.45, 7) is 2.60. The molecular weight excluding hydrogens is 465 g/mol. The highest BCUT2D eigenvalue weighted by molar-refractivity contribution is 5.75. The maximum Gasteiger partial charge on any atom is 0.332 e. The molecule has 2 aromatic carbocycles. The van der Waals surface area contributed by atoms with Gasteiger partial charge in [0.15, 0.2) is 22.7 Å². The van der Waals surface area contributed by atoms with Crippen molar-refractivity contribution in [2.45, 2.75) is 26.4 Å². The van der Waals surface area contributed by atoms with Crippen LogP contribution in [-0.2, 0) is 26.6 Å². The summed E-state index contributed by atoms with van der Waals surface area (Å²) < 4.78 is 30.3. The molecule has 3 heterocycles. The molecule has 9 nitrogen and oxygen atoms in total. The number of nitrogens with zero attached hydrogens (tertiary/aromatic N) is 5. The Morgan fingerprint density at radius 3 is 2.33 bits per heavy atom. The summed E-state index contributed by atoms with van der Waals surface area (Å²) >= 11 is 0. The van der Waals surface area contributed by atoms with Crippen LogP contribution in [0.15, 0.2) is 58.3 Å². The van der Waals surface area contributed by atoms with E-state index in [4.69, 9.17) is 9.47 Å². The summed E-state index contributed by atoms with van der Waals surface area (Å²) in [5.41, 5.74) is 2.35. The highest BCUT2D eigenvalue weighted by Crippen LogP contribution is 2.28. The van der Waals surface area contributed by atoms with E-state index in [0.29, 0.717) is 47.0 Å². The van der Waals surface area contributed by atoms with Crippen molar-refractivity contribution in [1.82, 2.24) is 23.1 Å². The van der Waals surface area contributed by atoms with Crippen LogP contribution in [0.2, 0.25) is 0 Å². The van der Waals surface area contributed by atoms with Gasteiger partial charge in [0.25, 0.3) is 5.56 Å². The van der Waals surface area contributed by atoms with E-state index in [1.807, 2.05) is 35.9 Å². The second-order valence-corrected chi connectivity index (χ2v) is 8.67. The van der Waals surface area contributed by atoms with Gasteiger partial charge in [-0.15, -0.1) is 0 Å². The number of ether oxygens (including phenoxy) is 2. The van der Waals surface area contributed by atoms with Crippen LogP contribution < -0.4 is 20.7 Å². The molecular formula is C26H26FN5O4. The van der Waals surface area contributed by atoms with Crippen LogP contribution in [0.1, 0.15) is 16.8 Å². The summed E-state index contributed by atoms with van der Waals surface area (Å²) in [5, 5.41) is 0. The monoisotopic (exact) mass is 491 g/mol. The largest absolute Gasteiger partial charge is 0.493 e. The van der Waals surface area contributed by atoms with Gasteiger partial charge in [-0.05, 0) is 48.7 Å².